The highest BCUT2D eigenvalue weighted by Crippen LogP contribution is 2.39. The number of hydrogen-bond donors (Lipinski definition) is 0. The molecule has 1 atom stereocenters. The molecule has 1 aromatic heterocycles. The van der Waals surface area contributed by atoms with E-state index in [9.17, 15) is 4.79 Å². The Morgan fingerprint density at radius 1 is 1.22 bits per heavy atom. The van der Waals surface area contributed by atoms with E-state index in [1.54, 1.807) is 11.9 Å². The normalized spacial score (nSPS) is 17.0. The molecule has 0 N–H and O–H groups in total. The first-order valence-electron chi connectivity index (χ1n) is 8.67. The Morgan fingerprint density at radius 3 is 2.48 bits per heavy atom. The summed E-state index contributed by atoms with van der Waals surface area (Å²) in [5, 5.41) is 5.71. The zero-order chi connectivity index (χ0) is 20.2. The minimum atomic E-state index is -1.12. The summed E-state index contributed by atoms with van der Waals surface area (Å²) in [6.45, 7) is 7.37. The van der Waals surface area contributed by atoms with Crippen molar-refractivity contribution < 1.29 is 9.59 Å². The molecular formula is C20H24Cl2N2O2S. The number of carbonyl (C=O) groups excluding carboxylic acids is 2. The predicted octanol–water partition coefficient (Wildman–Crippen LogP) is 5.12. The van der Waals surface area contributed by atoms with E-state index in [0.717, 1.165) is 46.0 Å². The van der Waals surface area contributed by atoms with Crippen LogP contribution in [0, 0.1) is 6.92 Å². The third-order valence-corrected chi connectivity index (χ3v) is 6.36. The van der Waals surface area contributed by atoms with E-state index < -0.39 is 4.87 Å². The minimum absolute atomic E-state index is 0.0759. The van der Waals surface area contributed by atoms with Crippen LogP contribution in [0.3, 0.4) is 0 Å². The van der Waals surface area contributed by atoms with Crippen LogP contribution in [-0.4, -0.2) is 42.9 Å². The second kappa shape index (κ2) is 9.20. The van der Waals surface area contributed by atoms with Crippen LogP contribution in [0.4, 0.5) is 0 Å². The summed E-state index contributed by atoms with van der Waals surface area (Å²) in [6.07, 6.45) is 2.11. The van der Waals surface area contributed by atoms with E-state index in [-0.39, 0.29) is 5.91 Å². The van der Waals surface area contributed by atoms with Crippen LogP contribution in [-0.2, 0) is 14.5 Å². The van der Waals surface area contributed by atoms with E-state index in [1.165, 1.54) is 11.3 Å². The molecule has 1 aromatic carbocycles. The van der Waals surface area contributed by atoms with E-state index in [0.29, 0.717) is 6.54 Å². The summed E-state index contributed by atoms with van der Waals surface area (Å²) < 4.78 is 0.744. The van der Waals surface area contributed by atoms with Gasteiger partial charge in [-0.05, 0) is 60.9 Å². The first-order valence-corrected chi connectivity index (χ1v) is 10.3. The molecule has 0 aliphatic carbocycles. The van der Waals surface area contributed by atoms with E-state index in [1.807, 2.05) is 55.4 Å². The fraction of sp³-hybridized carbons (Fsp3) is 0.400. The lowest BCUT2D eigenvalue weighted by Gasteiger charge is -2.40. The number of carbonyl (C=O) groups is 2. The third kappa shape index (κ3) is 4.54. The Morgan fingerprint density at radius 2 is 1.89 bits per heavy atom. The van der Waals surface area contributed by atoms with Crippen molar-refractivity contribution in [2.24, 2.45) is 0 Å². The van der Waals surface area contributed by atoms with Crippen molar-refractivity contribution in [1.82, 2.24) is 10.0 Å². The number of nitrogens with zero attached hydrogens (tertiary/aromatic N) is 2. The Bertz CT molecular complexity index is 807. The SMILES string of the molecule is C=O.Cc1ccc(-c2ccsc2Cl)cc1C(C)(Cl)C(=O)N1CCCCN1C. The van der Waals surface area contributed by atoms with Gasteiger partial charge in [-0.2, -0.15) is 0 Å². The maximum absolute atomic E-state index is 13.2. The highest BCUT2D eigenvalue weighted by atomic mass is 35.5. The van der Waals surface area contributed by atoms with Crippen molar-refractivity contribution in [3.63, 3.8) is 0 Å². The second-order valence-corrected chi connectivity index (χ2v) is 8.93. The molecule has 7 heteroatoms. The molecular weight excluding hydrogens is 403 g/mol. The van der Waals surface area contributed by atoms with Gasteiger partial charge in [0.25, 0.3) is 5.91 Å². The van der Waals surface area contributed by atoms with Gasteiger partial charge in [-0.1, -0.05) is 23.7 Å². The van der Waals surface area contributed by atoms with Crippen molar-refractivity contribution in [2.45, 2.75) is 31.6 Å². The van der Waals surface area contributed by atoms with Crippen LogP contribution in [0.1, 0.15) is 30.9 Å². The number of thiophene rings is 1. The van der Waals surface area contributed by atoms with Gasteiger partial charge < -0.3 is 4.79 Å². The van der Waals surface area contributed by atoms with Crippen LogP contribution in [0.15, 0.2) is 29.6 Å². The smallest absolute Gasteiger partial charge is 0.262 e. The number of aryl methyl sites for hydroxylation is 1. The Labute approximate surface area is 174 Å². The van der Waals surface area contributed by atoms with Gasteiger partial charge in [-0.15, -0.1) is 22.9 Å². The summed E-state index contributed by atoms with van der Waals surface area (Å²) in [5.41, 5.74) is 3.79. The summed E-state index contributed by atoms with van der Waals surface area (Å²) in [4.78, 5) is 20.1. The summed E-state index contributed by atoms with van der Waals surface area (Å²) >= 11 is 14.6. The highest BCUT2D eigenvalue weighted by molar-refractivity contribution is 7.15. The number of alkyl halides is 1. The highest BCUT2D eigenvalue weighted by Gasteiger charge is 2.39. The van der Waals surface area contributed by atoms with Gasteiger partial charge in [0.1, 0.15) is 16.0 Å². The zero-order valence-corrected chi connectivity index (χ0v) is 18.1. The largest absolute Gasteiger partial charge is 0.307 e. The number of amides is 1. The molecule has 1 saturated heterocycles. The van der Waals surface area contributed by atoms with Crippen LogP contribution in [0.5, 0.6) is 0 Å². The number of benzene rings is 1. The minimum Gasteiger partial charge on any atom is -0.307 e. The Kier molecular flexibility index (Phi) is 7.46. The fourth-order valence-corrected chi connectivity index (χ4v) is 4.57. The standard InChI is InChI=1S/C19H22Cl2N2OS.CH2O/c1-13-6-7-14(15-8-11-25-17(15)20)12-16(13)19(2,21)18(24)23-10-5-4-9-22(23)3;1-2/h6-8,11-12H,4-5,9-10H2,1-3H3;1H2. The zero-order valence-electron chi connectivity index (χ0n) is 15.8. The molecule has 2 aromatic rings. The summed E-state index contributed by atoms with van der Waals surface area (Å²) in [7, 11) is 1.94. The predicted molar refractivity (Wildman–Crippen MR) is 113 cm³/mol. The van der Waals surface area contributed by atoms with Crippen LogP contribution >= 0.6 is 34.5 Å². The van der Waals surface area contributed by atoms with Crippen molar-refractivity contribution in [2.75, 3.05) is 20.1 Å². The van der Waals surface area contributed by atoms with Crippen molar-refractivity contribution in [3.8, 4) is 11.1 Å². The fourth-order valence-electron chi connectivity index (χ4n) is 3.30. The lowest BCUT2D eigenvalue weighted by atomic mass is 9.91. The quantitative estimate of drug-likeness (QED) is 0.639. The molecule has 0 saturated carbocycles. The molecule has 146 valence electrons. The van der Waals surface area contributed by atoms with Gasteiger partial charge in [0.15, 0.2) is 0 Å². The molecule has 1 fully saturated rings. The topological polar surface area (TPSA) is 40.6 Å². The molecule has 4 nitrogen and oxygen atoms in total. The third-order valence-electron chi connectivity index (χ3n) is 4.82. The average molecular weight is 427 g/mol. The Balaban J connectivity index is 0.00000126. The molecule has 0 bridgehead atoms. The molecule has 1 unspecified atom stereocenters. The van der Waals surface area contributed by atoms with Gasteiger partial charge in [0, 0.05) is 25.7 Å². The summed E-state index contributed by atoms with van der Waals surface area (Å²) in [6, 6.07) is 8.02. The van der Waals surface area contributed by atoms with Crippen LogP contribution in [0.25, 0.3) is 11.1 Å². The lowest BCUT2D eigenvalue weighted by molar-refractivity contribution is -0.153. The van der Waals surface area contributed by atoms with Gasteiger partial charge in [-0.25, -0.2) is 5.01 Å². The number of hydrazine groups is 1. The molecule has 1 aliphatic heterocycles. The first kappa shape index (κ1) is 21.9. The molecule has 0 spiro atoms. The molecule has 27 heavy (non-hydrogen) atoms. The maximum atomic E-state index is 13.2. The molecule has 1 amide bonds. The first-order chi connectivity index (χ1) is 12.8. The monoisotopic (exact) mass is 426 g/mol. The van der Waals surface area contributed by atoms with Crippen LogP contribution in [0.2, 0.25) is 4.34 Å². The maximum Gasteiger partial charge on any atom is 0.262 e. The number of halogens is 2. The molecule has 0 radical (unpaired) electrons. The van der Waals surface area contributed by atoms with Gasteiger partial charge in [0.2, 0.25) is 0 Å². The Hall–Kier alpha value is -1.40. The summed E-state index contributed by atoms with van der Waals surface area (Å²) in [5.74, 6) is -0.0759. The lowest BCUT2D eigenvalue weighted by Crippen LogP contribution is -2.53. The van der Waals surface area contributed by atoms with Crippen LogP contribution < -0.4 is 0 Å². The molecule has 1 aliphatic rings. The van der Waals surface area contributed by atoms with Gasteiger partial charge in [-0.3, -0.25) is 9.80 Å². The molecule has 2 heterocycles. The number of rotatable bonds is 3. The molecule has 3 rings (SSSR count). The van der Waals surface area contributed by atoms with Crippen molar-refractivity contribution in [3.05, 3.63) is 45.1 Å². The second-order valence-electron chi connectivity index (χ2n) is 6.66. The number of hydrogen-bond acceptors (Lipinski definition) is 4. The van der Waals surface area contributed by atoms with E-state index in [2.05, 4.69) is 0 Å². The van der Waals surface area contributed by atoms with E-state index in [4.69, 9.17) is 28.0 Å². The van der Waals surface area contributed by atoms with Gasteiger partial charge in [0.05, 0.1) is 0 Å². The van der Waals surface area contributed by atoms with Crippen molar-refractivity contribution in [1.29, 1.82) is 0 Å². The van der Waals surface area contributed by atoms with Gasteiger partial charge >= 0.3 is 0 Å². The van der Waals surface area contributed by atoms with Crippen molar-refractivity contribution >= 4 is 47.2 Å². The average Bonchev–Trinajstić information content (AvgIpc) is 3.09. The van der Waals surface area contributed by atoms with E-state index >= 15 is 0 Å².